The van der Waals surface area contributed by atoms with Gasteiger partial charge in [-0.1, -0.05) is 17.7 Å². The molecular weight excluding hydrogens is 451 g/mol. The highest BCUT2D eigenvalue weighted by Gasteiger charge is 2.28. The van der Waals surface area contributed by atoms with Crippen molar-refractivity contribution in [2.45, 2.75) is 45.6 Å². The Labute approximate surface area is 194 Å². The third-order valence-corrected chi connectivity index (χ3v) is 7.51. The molecule has 1 amide bonds. The topological polar surface area (TPSA) is 78.1 Å². The Kier molecular flexibility index (Phi) is 6.93. The highest BCUT2D eigenvalue weighted by molar-refractivity contribution is 7.18. The summed E-state index contributed by atoms with van der Waals surface area (Å²) in [7, 11) is 0. The number of likely N-dealkylation sites (tertiary alicyclic amines) is 1. The lowest BCUT2D eigenvalue weighted by molar-refractivity contribution is -0.121. The highest BCUT2D eigenvalue weighted by Crippen LogP contribution is 2.32. The number of benzene rings is 1. The number of nitrogens with zero attached hydrogens (tertiary/aromatic N) is 2. The minimum Gasteiger partial charge on any atom is -0.354 e. The summed E-state index contributed by atoms with van der Waals surface area (Å²) in [5.41, 5.74) is 1.20. The van der Waals surface area contributed by atoms with E-state index in [0.717, 1.165) is 36.4 Å². The van der Waals surface area contributed by atoms with Crippen LogP contribution in [0.2, 0.25) is 5.02 Å². The van der Waals surface area contributed by atoms with Gasteiger partial charge in [0.15, 0.2) is 0 Å². The summed E-state index contributed by atoms with van der Waals surface area (Å²) in [6.45, 7) is 5.83. The van der Waals surface area contributed by atoms with Gasteiger partial charge in [0.05, 0.1) is 11.4 Å². The average Bonchev–Trinajstić information content (AvgIpc) is 3.37. The molecule has 1 atom stereocenters. The van der Waals surface area contributed by atoms with Crippen LogP contribution >= 0.6 is 22.9 Å². The fourth-order valence-electron chi connectivity index (χ4n) is 4.24. The van der Waals surface area contributed by atoms with Crippen molar-refractivity contribution in [3.8, 4) is 0 Å². The lowest BCUT2D eigenvalue weighted by Gasteiger charge is -2.29. The first-order chi connectivity index (χ1) is 15.3. The molecule has 6 nitrogen and oxygen atoms in total. The van der Waals surface area contributed by atoms with Crippen LogP contribution in [0.4, 0.5) is 4.39 Å². The number of halogens is 2. The first kappa shape index (κ1) is 22.9. The first-order valence-corrected chi connectivity index (χ1v) is 12.0. The maximum absolute atomic E-state index is 14.6. The number of fused-ring (bicyclic) bond motifs is 1. The first-order valence-electron chi connectivity index (χ1n) is 10.8. The molecule has 2 N–H and O–H groups in total. The van der Waals surface area contributed by atoms with Crippen LogP contribution in [-0.2, 0) is 11.2 Å². The number of thiophene rings is 1. The Morgan fingerprint density at radius 1 is 1.34 bits per heavy atom. The Morgan fingerprint density at radius 2 is 2.09 bits per heavy atom. The molecule has 2 aromatic heterocycles. The molecule has 9 heteroatoms. The summed E-state index contributed by atoms with van der Waals surface area (Å²) >= 11 is 7.80. The van der Waals surface area contributed by atoms with Gasteiger partial charge in [-0.2, -0.15) is 0 Å². The molecule has 1 aliphatic rings. The van der Waals surface area contributed by atoms with Crippen LogP contribution in [0.1, 0.15) is 47.1 Å². The van der Waals surface area contributed by atoms with E-state index in [1.807, 2.05) is 13.8 Å². The molecule has 0 saturated carbocycles. The highest BCUT2D eigenvalue weighted by atomic mass is 35.5. The fourth-order valence-corrected chi connectivity index (χ4v) is 5.58. The second kappa shape index (κ2) is 9.68. The quantitative estimate of drug-likeness (QED) is 0.533. The summed E-state index contributed by atoms with van der Waals surface area (Å²) in [6.07, 6.45) is 2.58. The number of aryl methyl sites for hydroxylation is 3. The molecule has 1 saturated heterocycles. The zero-order valence-corrected chi connectivity index (χ0v) is 19.7. The van der Waals surface area contributed by atoms with Crippen LogP contribution in [0.25, 0.3) is 10.2 Å². The van der Waals surface area contributed by atoms with Crippen molar-refractivity contribution in [3.05, 3.63) is 61.2 Å². The van der Waals surface area contributed by atoms with E-state index in [4.69, 9.17) is 11.6 Å². The van der Waals surface area contributed by atoms with E-state index >= 15 is 0 Å². The third-order valence-electron chi connectivity index (χ3n) is 6.08. The van der Waals surface area contributed by atoms with Gasteiger partial charge >= 0.3 is 0 Å². The molecule has 0 bridgehead atoms. The summed E-state index contributed by atoms with van der Waals surface area (Å²) in [4.78, 5) is 36.2. The van der Waals surface area contributed by atoms with Gasteiger partial charge in [0.2, 0.25) is 5.91 Å². The number of amides is 1. The maximum atomic E-state index is 14.6. The van der Waals surface area contributed by atoms with E-state index in [9.17, 15) is 14.0 Å². The number of H-pyrrole nitrogens is 1. The van der Waals surface area contributed by atoms with E-state index in [1.165, 1.54) is 17.4 Å². The average molecular weight is 477 g/mol. The van der Waals surface area contributed by atoms with Gasteiger partial charge in [-0.3, -0.25) is 14.5 Å². The van der Waals surface area contributed by atoms with E-state index < -0.39 is 0 Å². The van der Waals surface area contributed by atoms with Crippen molar-refractivity contribution in [2.24, 2.45) is 0 Å². The van der Waals surface area contributed by atoms with Crippen LogP contribution in [0.5, 0.6) is 0 Å². The van der Waals surface area contributed by atoms with Gasteiger partial charge in [-0.15, -0.1) is 11.3 Å². The molecule has 0 radical (unpaired) electrons. The smallest absolute Gasteiger partial charge is 0.259 e. The normalized spacial score (nSPS) is 15.4. The van der Waals surface area contributed by atoms with Crippen LogP contribution < -0.4 is 10.9 Å². The number of carbonyl (C=O) groups is 1. The molecule has 1 aromatic carbocycles. The Bertz CT molecular complexity index is 1180. The Hall–Kier alpha value is -2.29. The Balaban J connectivity index is 1.43. The van der Waals surface area contributed by atoms with E-state index in [2.05, 4.69) is 20.2 Å². The largest absolute Gasteiger partial charge is 0.354 e. The zero-order valence-electron chi connectivity index (χ0n) is 18.1. The molecule has 3 aromatic rings. The molecule has 0 aliphatic carbocycles. The van der Waals surface area contributed by atoms with Crippen LogP contribution in [-0.4, -0.2) is 40.4 Å². The second-order valence-electron chi connectivity index (χ2n) is 8.17. The van der Waals surface area contributed by atoms with Crippen molar-refractivity contribution in [1.29, 1.82) is 0 Å². The molecular formula is C23H26ClFN4O2S. The third kappa shape index (κ3) is 4.72. The number of aromatic amines is 1. The molecule has 3 heterocycles. The van der Waals surface area contributed by atoms with Gasteiger partial charge in [0, 0.05) is 34.8 Å². The lowest BCUT2D eigenvalue weighted by atomic mass is 10.0. The lowest BCUT2D eigenvalue weighted by Crippen LogP contribution is -2.37. The standard InChI is InChI=1S/C23H26ClFN4O2S/c1-13-14(2)32-23-20(13)22(31)27-18(28-23)8-9-19(30)26-12-17(29-10-3-4-11-29)21-15(24)6-5-7-16(21)25/h5-7,17H,3-4,8-12H2,1-2H3,(H,26,30)(H,27,28,31). The summed E-state index contributed by atoms with van der Waals surface area (Å²) in [6, 6.07) is 4.35. The SMILES string of the molecule is Cc1sc2nc(CCC(=O)NCC(c3c(F)cccc3Cl)N3CCCC3)[nH]c(=O)c2c1C. The zero-order chi connectivity index (χ0) is 22.8. The fraction of sp³-hybridized carbons (Fsp3) is 0.435. The molecule has 4 rings (SSSR count). The molecule has 1 unspecified atom stereocenters. The number of hydrogen-bond donors (Lipinski definition) is 2. The summed E-state index contributed by atoms with van der Waals surface area (Å²) in [5.74, 6) is -0.0460. The van der Waals surface area contributed by atoms with Crippen molar-refractivity contribution < 1.29 is 9.18 Å². The van der Waals surface area contributed by atoms with Crippen molar-refractivity contribution >= 4 is 39.1 Å². The predicted molar refractivity (Wildman–Crippen MR) is 126 cm³/mol. The van der Waals surface area contributed by atoms with Crippen molar-refractivity contribution in [1.82, 2.24) is 20.2 Å². The molecule has 32 heavy (non-hydrogen) atoms. The predicted octanol–water partition coefficient (Wildman–Crippen LogP) is 4.28. The minimum absolute atomic E-state index is 0.171. The van der Waals surface area contributed by atoms with Crippen LogP contribution in [0.15, 0.2) is 23.0 Å². The van der Waals surface area contributed by atoms with Gasteiger partial charge in [-0.05, 0) is 57.5 Å². The van der Waals surface area contributed by atoms with E-state index in [1.54, 1.807) is 12.1 Å². The summed E-state index contributed by atoms with van der Waals surface area (Å²) < 4.78 is 14.6. The second-order valence-corrected chi connectivity index (χ2v) is 9.78. The number of hydrogen-bond acceptors (Lipinski definition) is 5. The van der Waals surface area contributed by atoms with E-state index in [-0.39, 0.29) is 36.3 Å². The van der Waals surface area contributed by atoms with Gasteiger partial charge in [0.1, 0.15) is 16.5 Å². The van der Waals surface area contributed by atoms with Gasteiger partial charge in [0.25, 0.3) is 5.56 Å². The number of nitrogens with one attached hydrogen (secondary N) is 2. The number of rotatable bonds is 7. The number of carbonyl (C=O) groups excluding carboxylic acids is 1. The van der Waals surface area contributed by atoms with E-state index in [0.29, 0.717) is 33.0 Å². The van der Waals surface area contributed by atoms with Crippen LogP contribution in [0, 0.1) is 19.7 Å². The molecule has 170 valence electrons. The van der Waals surface area contributed by atoms with Crippen molar-refractivity contribution in [2.75, 3.05) is 19.6 Å². The Morgan fingerprint density at radius 3 is 2.81 bits per heavy atom. The van der Waals surface area contributed by atoms with Gasteiger partial charge in [-0.25, -0.2) is 9.37 Å². The maximum Gasteiger partial charge on any atom is 0.259 e. The summed E-state index contributed by atoms with van der Waals surface area (Å²) in [5, 5.41) is 3.91. The van der Waals surface area contributed by atoms with Crippen LogP contribution in [0.3, 0.4) is 0 Å². The van der Waals surface area contributed by atoms with Gasteiger partial charge < -0.3 is 10.3 Å². The molecule has 0 spiro atoms. The number of aromatic nitrogens is 2. The monoisotopic (exact) mass is 476 g/mol. The molecule has 1 aliphatic heterocycles. The van der Waals surface area contributed by atoms with Crippen molar-refractivity contribution in [3.63, 3.8) is 0 Å². The molecule has 1 fully saturated rings. The minimum atomic E-state index is -0.361.